The van der Waals surface area contributed by atoms with Crippen LogP contribution in [0.25, 0.3) is 0 Å². The van der Waals surface area contributed by atoms with E-state index < -0.39 is 0 Å². The van der Waals surface area contributed by atoms with Crippen molar-refractivity contribution in [3.63, 3.8) is 0 Å². The standard InChI is InChI=1S/C16H17Cl2N/c1-2-19(15-6-4-3-5-7-15)12-16(18)13-8-10-14(17)11-9-13/h3-11,16H,2,12H2,1H3. The highest BCUT2D eigenvalue weighted by molar-refractivity contribution is 6.30. The van der Waals surface area contributed by atoms with Gasteiger partial charge in [-0.05, 0) is 36.8 Å². The zero-order chi connectivity index (χ0) is 13.7. The molecule has 19 heavy (non-hydrogen) atoms. The van der Waals surface area contributed by atoms with Crippen LogP contribution < -0.4 is 4.90 Å². The van der Waals surface area contributed by atoms with Crippen molar-refractivity contribution >= 4 is 28.9 Å². The van der Waals surface area contributed by atoms with Crippen molar-refractivity contribution < 1.29 is 0 Å². The van der Waals surface area contributed by atoms with Crippen LogP contribution in [0.15, 0.2) is 54.6 Å². The van der Waals surface area contributed by atoms with E-state index in [4.69, 9.17) is 23.2 Å². The third kappa shape index (κ3) is 3.89. The maximum atomic E-state index is 6.50. The number of hydrogen-bond donors (Lipinski definition) is 0. The molecule has 0 aromatic heterocycles. The molecule has 1 atom stereocenters. The summed E-state index contributed by atoms with van der Waals surface area (Å²) in [6, 6.07) is 18.1. The number of benzene rings is 2. The Labute approximate surface area is 124 Å². The first-order valence-electron chi connectivity index (χ1n) is 6.40. The number of likely N-dealkylation sites (N-methyl/N-ethyl adjacent to an activating group) is 1. The molecule has 0 saturated carbocycles. The van der Waals surface area contributed by atoms with E-state index in [1.807, 2.05) is 42.5 Å². The smallest absolute Gasteiger partial charge is 0.0760 e. The van der Waals surface area contributed by atoms with E-state index in [9.17, 15) is 0 Å². The zero-order valence-corrected chi connectivity index (χ0v) is 12.4. The molecule has 3 heteroatoms. The summed E-state index contributed by atoms with van der Waals surface area (Å²) in [7, 11) is 0. The monoisotopic (exact) mass is 293 g/mol. The van der Waals surface area contributed by atoms with Gasteiger partial charge in [-0.15, -0.1) is 11.6 Å². The highest BCUT2D eigenvalue weighted by Crippen LogP contribution is 2.25. The Bertz CT molecular complexity index is 496. The first-order chi connectivity index (χ1) is 9.20. The van der Waals surface area contributed by atoms with Gasteiger partial charge >= 0.3 is 0 Å². The molecule has 0 aliphatic heterocycles. The molecule has 0 saturated heterocycles. The lowest BCUT2D eigenvalue weighted by Crippen LogP contribution is -2.26. The van der Waals surface area contributed by atoms with Crippen LogP contribution in [-0.2, 0) is 0 Å². The molecule has 0 heterocycles. The van der Waals surface area contributed by atoms with Gasteiger partial charge in [0.05, 0.1) is 5.38 Å². The SMILES string of the molecule is CCN(CC(Cl)c1ccc(Cl)cc1)c1ccccc1. The highest BCUT2D eigenvalue weighted by Gasteiger charge is 2.13. The molecule has 2 aromatic rings. The number of halogens is 2. The first kappa shape index (κ1) is 14.2. The van der Waals surface area contributed by atoms with E-state index in [2.05, 4.69) is 24.0 Å². The molecule has 2 rings (SSSR count). The summed E-state index contributed by atoms with van der Waals surface area (Å²) < 4.78 is 0. The van der Waals surface area contributed by atoms with Crippen LogP contribution in [-0.4, -0.2) is 13.1 Å². The molecule has 2 aromatic carbocycles. The van der Waals surface area contributed by atoms with Crippen molar-refractivity contribution in [2.75, 3.05) is 18.0 Å². The third-order valence-electron chi connectivity index (χ3n) is 3.12. The van der Waals surface area contributed by atoms with Gasteiger partial charge in [0.25, 0.3) is 0 Å². The lowest BCUT2D eigenvalue weighted by Gasteiger charge is -2.25. The van der Waals surface area contributed by atoms with Crippen LogP contribution in [0.3, 0.4) is 0 Å². The summed E-state index contributed by atoms with van der Waals surface area (Å²) in [6.45, 7) is 3.85. The predicted molar refractivity (Wildman–Crippen MR) is 84.4 cm³/mol. The summed E-state index contributed by atoms with van der Waals surface area (Å²) in [4.78, 5) is 2.27. The molecule has 0 amide bonds. The van der Waals surface area contributed by atoms with E-state index in [0.29, 0.717) is 0 Å². The van der Waals surface area contributed by atoms with E-state index in [-0.39, 0.29) is 5.38 Å². The minimum atomic E-state index is -0.0441. The van der Waals surface area contributed by atoms with Crippen LogP contribution in [0.4, 0.5) is 5.69 Å². The predicted octanol–water partition coefficient (Wildman–Crippen LogP) is 5.15. The van der Waals surface area contributed by atoms with E-state index in [0.717, 1.165) is 23.7 Å². The molecule has 0 fully saturated rings. The molecular formula is C16H17Cl2N. The number of para-hydroxylation sites is 1. The molecule has 0 spiro atoms. The van der Waals surface area contributed by atoms with Gasteiger partial charge in [0.2, 0.25) is 0 Å². The van der Waals surface area contributed by atoms with Gasteiger partial charge in [-0.25, -0.2) is 0 Å². The van der Waals surface area contributed by atoms with Crippen molar-refractivity contribution in [3.05, 3.63) is 65.2 Å². The molecule has 100 valence electrons. The largest absolute Gasteiger partial charge is 0.370 e. The van der Waals surface area contributed by atoms with Gasteiger partial charge in [-0.3, -0.25) is 0 Å². The van der Waals surface area contributed by atoms with Gasteiger partial charge in [-0.1, -0.05) is 41.9 Å². The van der Waals surface area contributed by atoms with Gasteiger partial charge < -0.3 is 4.90 Å². The number of rotatable bonds is 5. The summed E-state index contributed by atoms with van der Waals surface area (Å²) in [6.07, 6.45) is 0. The highest BCUT2D eigenvalue weighted by atomic mass is 35.5. The van der Waals surface area contributed by atoms with E-state index >= 15 is 0 Å². The molecule has 0 aliphatic rings. The second-order valence-electron chi connectivity index (χ2n) is 4.39. The summed E-state index contributed by atoms with van der Waals surface area (Å²) in [5.41, 5.74) is 2.30. The van der Waals surface area contributed by atoms with Crippen LogP contribution in [0.5, 0.6) is 0 Å². The van der Waals surface area contributed by atoms with E-state index in [1.165, 1.54) is 5.69 Å². The third-order valence-corrected chi connectivity index (χ3v) is 3.76. The second-order valence-corrected chi connectivity index (χ2v) is 5.36. The summed E-state index contributed by atoms with van der Waals surface area (Å²) in [5, 5.41) is 0.695. The topological polar surface area (TPSA) is 3.24 Å². The quantitative estimate of drug-likeness (QED) is 0.690. The van der Waals surface area contributed by atoms with Crippen molar-refractivity contribution in [1.29, 1.82) is 0 Å². The van der Waals surface area contributed by atoms with Crippen molar-refractivity contribution in [2.24, 2.45) is 0 Å². The maximum absolute atomic E-state index is 6.50. The minimum Gasteiger partial charge on any atom is -0.370 e. The Morgan fingerprint density at radius 1 is 1.00 bits per heavy atom. The van der Waals surface area contributed by atoms with Gasteiger partial charge in [-0.2, -0.15) is 0 Å². The second kappa shape index (κ2) is 6.83. The zero-order valence-electron chi connectivity index (χ0n) is 10.9. The van der Waals surface area contributed by atoms with Crippen molar-refractivity contribution in [3.8, 4) is 0 Å². The lowest BCUT2D eigenvalue weighted by molar-refractivity contribution is 0.791. The number of anilines is 1. The Morgan fingerprint density at radius 2 is 1.63 bits per heavy atom. The number of alkyl halides is 1. The van der Waals surface area contributed by atoms with Crippen LogP contribution in [0.1, 0.15) is 17.9 Å². The van der Waals surface area contributed by atoms with Crippen LogP contribution >= 0.6 is 23.2 Å². The first-order valence-corrected chi connectivity index (χ1v) is 7.21. The molecule has 1 unspecified atom stereocenters. The Kier molecular flexibility index (Phi) is 5.12. The fourth-order valence-corrected chi connectivity index (χ4v) is 2.46. The average molecular weight is 294 g/mol. The molecule has 0 bridgehead atoms. The molecular weight excluding hydrogens is 277 g/mol. The van der Waals surface area contributed by atoms with Gasteiger partial charge in [0, 0.05) is 23.8 Å². The minimum absolute atomic E-state index is 0.0441. The molecule has 0 N–H and O–H groups in total. The molecule has 1 nitrogen and oxygen atoms in total. The fourth-order valence-electron chi connectivity index (χ4n) is 2.03. The van der Waals surface area contributed by atoms with E-state index in [1.54, 1.807) is 0 Å². The average Bonchev–Trinajstić information content (AvgIpc) is 2.46. The van der Waals surface area contributed by atoms with Gasteiger partial charge in [0.15, 0.2) is 0 Å². The number of nitrogens with zero attached hydrogens (tertiary/aromatic N) is 1. The Morgan fingerprint density at radius 3 is 2.21 bits per heavy atom. The van der Waals surface area contributed by atoms with Crippen LogP contribution in [0.2, 0.25) is 5.02 Å². The van der Waals surface area contributed by atoms with Crippen molar-refractivity contribution in [1.82, 2.24) is 0 Å². The molecule has 0 radical (unpaired) electrons. The Balaban J connectivity index is 2.08. The van der Waals surface area contributed by atoms with Crippen molar-refractivity contribution in [2.45, 2.75) is 12.3 Å². The van der Waals surface area contributed by atoms with Crippen LogP contribution in [0, 0.1) is 0 Å². The Hall–Kier alpha value is -1.18. The summed E-state index contributed by atoms with van der Waals surface area (Å²) >= 11 is 12.4. The normalized spacial score (nSPS) is 12.2. The maximum Gasteiger partial charge on any atom is 0.0760 e. The number of hydrogen-bond acceptors (Lipinski definition) is 1. The molecule has 0 aliphatic carbocycles. The fraction of sp³-hybridized carbons (Fsp3) is 0.250. The summed E-state index contributed by atoms with van der Waals surface area (Å²) in [5.74, 6) is 0. The van der Waals surface area contributed by atoms with Gasteiger partial charge in [0.1, 0.15) is 0 Å². The lowest BCUT2D eigenvalue weighted by atomic mass is 10.1.